The molecule has 61 heavy (non-hydrogen) atoms. The minimum absolute atomic E-state index is 0.674. The molecule has 0 aliphatic carbocycles. The predicted molar refractivity (Wildman–Crippen MR) is 254 cm³/mol. The molecule has 0 N–H and O–H groups in total. The van der Waals surface area contributed by atoms with Gasteiger partial charge in [-0.2, -0.15) is 0 Å². The maximum absolute atomic E-state index is 5.55. The van der Waals surface area contributed by atoms with Crippen molar-refractivity contribution >= 4 is 49.5 Å². The maximum Gasteiger partial charge on any atom is 0.160 e. The summed E-state index contributed by atoms with van der Waals surface area (Å²) in [5, 5.41) is 5.67. The summed E-state index contributed by atoms with van der Waals surface area (Å²) in [5.41, 5.74) is 13.1. The van der Waals surface area contributed by atoms with E-state index < -0.39 is 0 Å². The first-order valence-corrected chi connectivity index (χ1v) is 20.6. The van der Waals surface area contributed by atoms with Gasteiger partial charge in [0.2, 0.25) is 0 Å². The van der Waals surface area contributed by atoms with Gasteiger partial charge in [-0.3, -0.25) is 0 Å². The molecule has 9 aromatic carbocycles. The third kappa shape index (κ3) is 6.76. The Hall–Kier alpha value is -8.21. The van der Waals surface area contributed by atoms with Crippen LogP contribution in [0.2, 0.25) is 0 Å². The van der Waals surface area contributed by atoms with Crippen molar-refractivity contribution in [1.29, 1.82) is 0 Å². The molecule has 0 atom stereocenters. The van der Waals surface area contributed by atoms with Crippen molar-refractivity contribution in [3.63, 3.8) is 0 Å². The third-order valence-corrected chi connectivity index (χ3v) is 11.4. The van der Waals surface area contributed by atoms with E-state index in [1.807, 2.05) is 12.1 Å². The highest BCUT2D eigenvalue weighted by molar-refractivity contribution is 6.25. The van der Waals surface area contributed by atoms with E-state index in [4.69, 9.17) is 15.0 Å². The number of hydrogen-bond acceptors (Lipinski definition) is 4. The lowest BCUT2D eigenvalue weighted by Crippen LogP contribution is -2.10. The van der Waals surface area contributed by atoms with Crippen LogP contribution < -0.4 is 4.90 Å². The molecule has 11 rings (SSSR count). The molecule has 0 bridgehead atoms. The summed E-state index contributed by atoms with van der Waals surface area (Å²) in [7, 11) is 0. The third-order valence-electron chi connectivity index (χ3n) is 11.4. The predicted octanol–water partition coefficient (Wildman–Crippen LogP) is 15.1. The van der Waals surface area contributed by atoms with Crippen molar-refractivity contribution in [2.75, 3.05) is 4.90 Å². The fraction of sp³-hybridized carbons (Fsp3) is 0. The molecule has 11 aromatic rings. The van der Waals surface area contributed by atoms with Crippen LogP contribution in [-0.4, -0.2) is 15.0 Å². The lowest BCUT2D eigenvalue weighted by molar-refractivity contribution is 1.18. The molecular weight excluding hydrogens is 741 g/mol. The number of nitrogens with zero attached hydrogens (tertiary/aromatic N) is 4. The van der Waals surface area contributed by atoms with Gasteiger partial charge in [0, 0.05) is 55.2 Å². The maximum atomic E-state index is 5.55. The molecule has 0 saturated heterocycles. The van der Waals surface area contributed by atoms with Gasteiger partial charge in [-0.1, -0.05) is 188 Å². The fourth-order valence-corrected chi connectivity index (χ4v) is 8.51. The van der Waals surface area contributed by atoms with Crippen LogP contribution >= 0.6 is 0 Å². The normalized spacial score (nSPS) is 11.3. The van der Waals surface area contributed by atoms with Crippen molar-refractivity contribution in [2.24, 2.45) is 0 Å². The van der Waals surface area contributed by atoms with Gasteiger partial charge < -0.3 is 4.90 Å². The number of hydrogen-bond donors (Lipinski definition) is 0. The lowest BCUT2D eigenvalue weighted by atomic mass is 9.92. The number of para-hydroxylation sites is 2. The number of aromatic nitrogens is 3. The zero-order chi connectivity index (χ0) is 40.5. The van der Waals surface area contributed by atoms with E-state index in [0.717, 1.165) is 83.6 Å². The molecule has 0 saturated carbocycles. The van der Waals surface area contributed by atoms with Crippen molar-refractivity contribution in [2.45, 2.75) is 0 Å². The Morgan fingerprint density at radius 2 is 0.770 bits per heavy atom. The van der Waals surface area contributed by atoms with Crippen LogP contribution in [0.3, 0.4) is 0 Å². The van der Waals surface area contributed by atoms with Crippen LogP contribution in [0, 0.1) is 0 Å². The van der Waals surface area contributed by atoms with E-state index in [2.05, 4.69) is 223 Å². The Labute approximate surface area is 354 Å². The molecule has 0 radical (unpaired) electrons. The first kappa shape index (κ1) is 35.9. The Kier molecular flexibility index (Phi) is 9.14. The second-order valence-electron chi connectivity index (χ2n) is 15.2. The highest BCUT2D eigenvalue weighted by Crippen LogP contribution is 2.46. The number of benzene rings is 9. The van der Waals surface area contributed by atoms with Crippen LogP contribution in [0.1, 0.15) is 0 Å². The molecule has 0 spiro atoms. The van der Waals surface area contributed by atoms with E-state index in [1.54, 1.807) is 0 Å². The largest absolute Gasteiger partial charge is 0.310 e. The Morgan fingerprint density at radius 1 is 0.295 bits per heavy atom. The van der Waals surface area contributed by atoms with Gasteiger partial charge in [0.25, 0.3) is 0 Å². The second-order valence-corrected chi connectivity index (χ2v) is 15.2. The molecule has 4 nitrogen and oxygen atoms in total. The zero-order valence-corrected chi connectivity index (χ0v) is 33.2. The first-order valence-electron chi connectivity index (χ1n) is 20.6. The second kappa shape index (κ2) is 15.5. The molecule has 0 fully saturated rings. The van der Waals surface area contributed by atoms with Gasteiger partial charge in [-0.15, -0.1) is 0 Å². The van der Waals surface area contributed by atoms with Crippen LogP contribution in [-0.2, 0) is 0 Å². The monoisotopic (exact) mass is 778 g/mol. The van der Waals surface area contributed by atoms with Gasteiger partial charge in [-0.05, 0) is 59.0 Å². The Bertz CT molecular complexity index is 3280. The smallest absolute Gasteiger partial charge is 0.160 e. The summed E-state index contributed by atoms with van der Waals surface area (Å²) >= 11 is 0. The molecule has 0 aliphatic rings. The average molecular weight is 779 g/mol. The van der Waals surface area contributed by atoms with Crippen molar-refractivity contribution < 1.29 is 0 Å². The SMILES string of the molecule is c1ccc(-c2ccc(-c3nc(-c4ccccc4)cc(-c4ccc5c(c4)nc(-c4ccccc4)c4cc(N(c6ccccc6)c6ccccc6)c6ccccc6c45)n3)cc2)cc1. The summed E-state index contributed by atoms with van der Waals surface area (Å²) in [6, 6.07) is 80.9. The van der Waals surface area contributed by atoms with Gasteiger partial charge in [0.05, 0.1) is 28.3 Å². The highest BCUT2D eigenvalue weighted by Gasteiger charge is 2.21. The van der Waals surface area contributed by atoms with Gasteiger partial charge in [-0.25, -0.2) is 15.0 Å². The summed E-state index contributed by atoms with van der Waals surface area (Å²) in [6.45, 7) is 0. The van der Waals surface area contributed by atoms with Crippen LogP contribution in [0.5, 0.6) is 0 Å². The van der Waals surface area contributed by atoms with E-state index in [-0.39, 0.29) is 0 Å². The minimum atomic E-state index is 0.674. The lowest BCUT2D eigenvalue weighted by Gasteiger charge is -2.28. The van der Waals surface area contributed by atoms with E-state index in [9.17, 15) is 0 Å². The van der Waals surface area contributed by atoms with Crippen molar-refractivity contribution in [3.8, 4) is 56.3 Å². The molecule has 0 unspecified atom stereocenters. The molecule has 4 heteroatoms. The molecule has 286 valence electrons. The summed E-state index contributed by atoms with van der Waals surface area (Å²) in [4.78, 5) is 18.3. The molecule has 0 aliphatic heterocycles. The molecule has 0 amide bonds. The summed E-state index contributed by atoms with van der Waals surface area (Å²) in [5.74, 6) is 0.674. The quantitative estimate of drug-likeness (QED) is 0.144. The van der Waals surface area contributed by atoms with Gasteiger partial charge in [0.1, 0.15) is 0 Å². The standard InChI is InChI=1S/C57H38N4/c1-6-18-39(19-7-1)40-30-32-43(33-31-40)57-59-51(41-20-8-2-9-21-41)38-52(60-57)44-34-35-49-53(36-44)58-56(42-22-10-3-11-23-42)50-37-54(47-28-16-17-29-48(47)55(49)50)61(45-24-12-4-13-25-45)46-26-14-5-15-27-46/h1-38H. The van der Waals surface area contributed by atoms with Crippen molar-refractivity contribution in [3.05, 3.63) is 231 Å². The molecule has 2 heterocycles. The van der Waals surface area contributed by atoms with Gasteiger partial charge in [0.15, 0.2) is 5.82 Å². The number of fused-ring (bicyclic) bond motifs is 5. The Balaban J connectivity index is 1.13. The van der Waals surface area contributed by atoms with E-state index in [0.29, 0.717) is 5.82 Å². The molecule has 2 aromatic heterocycles. The molecular formula is C57H38N4. The van der Waals surface area contributed by atoms with Crippen LogP contribution in [0.15, 0.2) is 231 Å². The minimum Gasteiger partial charge on any atom is -0.310 e. The summed E-state index contributed by atoms with van der Waals surface area (Å²) < 4.78 is 0. The van der Waals surface area contributed by atoms with Crippen molar-refractivity contribution in [1.82, 2.24) is 15.0 Å². The highest BCUT2D eigenvalue weighted by atomic mass is 15.1. The van der Waals surface area contributed by atoms with E-state index in [1.165, 1.54) is 16.3 Å². The number of rotatable bonds is 8. The topological polar surface area (TPSA) is 41.9 Å². The first-order chi connectivity index (χ1) is 30.2. The number of pyridine rings is 1. The Morgan fingerprint density at radius 3 is 1.39 bits per heavy atom. The fourth-order valence-electron chi connectivity index (χ4n) is 8.51. The summed E-state index contributed by atoms with van der Waals surface area (Å²) in [6.07, 6.45) is 0. The van der Waals surface area contributed by atoms with Gasteiger partial charge >= 0.3 is 0 Å². The average Bonchev–Trinajstić information content (AvgIpc) is 3.35. The zero-order valence-electron chi connectivity index (χ0n) is 33.2. The number of anilines is 3. The van der Waals surface area contributed by atoms with Crippen LogP contribution in [0.4, 0.5) is 17.1 Å². The van der Waals surface area contributed by atoms with Crippen LogP contribution in [0.25, 0.3) is 88.7 Å². The van der Waals surface area contributed by atoms with E-state index >= 15 is 0 Å².